The van der Waals surface area contributed by atoms with Crippen molar-refractivity contribution in [1.29, 1.82) is 0 Å². The van der Waals surface area contributed by atoms with Gasteiger partial charge in [-0.05, 0) is 13.0 Å². The molecular formula is C15H9F3N6O2S. The first-order valence-corrected chi connectivity index (χ1v) is 8.33. The number of fused-ring (bicyclic) bond motifs is 2. The van der Waals surface area contributed by atoms with E-state index in [4.69, 9.17) is 0 Å². The lowest BCUT2D eigenvalue weighted by molar-refractivity contribution is -0.142. The van der Waals surface area contributed by atoms with E-state index in [1.807, 2.05) is 0 Å². The van der Waals surface area contributed by atoms with Crippen LogP contribution < -0.4 is 10.9 Å². The predicted octanol–water partition coefficient (Wildman–Crippen LogP) is 2.38. The van der Waals surface area contributed by atoms with Gasteiger partial charge in [0.05, 0.1) is 6.20 Å². The van der Waals surface area contributed by atoms with Crippen LogP contribution in [0, 0.1) is 6.92 Å². The molecule has 0 radical (unpaired) electrons. The van der Waals surface area contributed by atoms with Crippen molar-refractivity contribution < 1.29 is 18.0 Å². The number of nitrogens with one attached hydrogen (secondary N) is 1. The summed E-state index contributed by atoms with van der Waals surface area (Å²) in [5.41, 5.74) is -1.99. The van der Waals surface area contributed by atoms with Gasteiger partial charge in [-0.3, -0.25) is 14.0 Å². The Hall–Kier alpha value is -3.28. The smallest absolute Gasteiger partial charge is 0.315 e. The fraction of sp³-hybridized carbons (Fsp3) is 0.133. The highest BCUT2D eigenvalue weighted by molar-refractivity contribution is 7.15. The number of anilines is 1. The summed E-state index contributed by atoms with van der Waals surface area (Å²) in [4.78, 5) is 33.1. The number of aryl methyl sites for hydroxylation is 1. The normalized spacial score (nSPS) is 12.0. The van der Waals surface area contributed by atoms with E-state index in [1.165, 1.54) is 35.1 Å². The summed E-state index contributed by atoms with van der Waals surface area (Å²) < 4.78 is 41.4. The lowest BCUT2D eigenvalue weighted by atomic mass is 10.3. The van der Waals surface area contributed by atoms with Crippen LogP contribution in [0.5, 0.6) is 0 Å². The van der Waals surface area contributed by atoms with Crippen molar-refractivity contribution in [3.8, 4) is 0 Å². The standard InChI is InChI=1S/C15H9F3N6O2S/c1-7-4-10(15(16,17)18)24-11(20-7)5-8(22-24)12(25)21-9-6-19-14-23(13(9)26)2-3-27-14/h2-6H,1H3,(H,21,25). The molecule has 12 heteroatoms. The number of alkyl halides is 3. The molecule has 1 N–H and O–H groups in total. The monoisotopic (exact) mass is 394 g/mol. The molecule has 0 saturated heterocycles. The van der Waals surface area contributed by atoms with E-state index < -0.39 is 23.3 Å². The minimum Gasteiger partial charge on any atom is -0.315 e. The highest BCUT2D eigenvalue weighted by Crippen LogP contribution is 2.29. The van der Waals surface area contributed by atoms with Crippen LogP contribution in [-0.2, 0) is 6.18 Å². The van der Waals surface area contributed by atoms with Crippen molar-refractivity contribution >= 4 is 33.5 Å². The largest absolute Gasteiger partial charge is 0.433 e. The number of amides is 1. The SMILES string of the molecule is Cc1cc(C(F)(F)F)n2nc(C(=O)Nc3cnc4sccn4c3=O)cc2n1. The van der Waals surface area contributed by atoms with Gasteiger partial charge in [0.15, 0.2) is 16.3 Å². The molecule has 0 aromatic carbocycles. The van der Waals surface area contributed by atoms with Gasteiger partial charge in [0.1, 0.15) is 11.4 Å². The average molecular weight is 394 g/mol. The van der Waals surface area contributed by atoms with E-state index in [1.54, 1.807) is 5.38 Å². The van der Waals surface area contributed by atoms with Crippen LogP contribution in [0.2, 0.25) is 0 Å². The third-order valence-corrected chi connectivity index (χ3v) is 4.44. The average Bonchev–Trinajstić information content (AvgIpc) is 3.22. The third kappa shape index (κ3) is 2.93. The number of aromatic nitrogens is 5. The Labute approximate surface area is 151 Å². The molecule has 4 aromatic heterocycles. The molecule has 138 valence electrons. The zero-order chi connectivity index (χ0) is 19.3. The van der Waals surface area contributed by atoms with Gasteiger partial charge in [0.2, 0.25) is 0 Å². The van der Waals surface area contributed by atoms with Crippen molar-refractivity contribution in [2.45, 2.75) is 13.1 Å². The molecule has 27 heavy (non-hydrogen) atoms. The van der Waals surface area contributed by atoms with Crippen molar-refractivity contribution in [1.82, 2.24) is 24.0 Å². The summed E-state index contributed by atoms with van der Waals surface area (Å²) in [6.07, 6.45) is -1.98. The molecule has 4 rings (SSSR count). The highest BCUT2D eigenvalue weighted by atomic mass is 32.1. The maximum absolute atomic E-state index is 13.2. The van der Waals surface area contributed by atoms with Crippen molar-refractivity contribution in [3.05, 3.63) is 57.3 Å². The number of hydrogen-bond acceptors (Lipinski definition) is 6. The first kappa shape index (κ1) is 17.1. The van der Waals surface area contributed by atoms with E-state index >= 15 is 0 Å². The molecule has 0 aliphatic heterocycles. The fourth-order valence-corrected chi connectivity index (χ4v) is 3.18. The van der Waals surface area contributed by atoms with Crippen LogP contribution in [0.15, 0.2) is 34.7 Å². The minimum atomic E-state index is -4.67. The minimum absolute atomic E-state index is 0.117. The van der Waals surface area contributed by atoms with Gasteiger partial charge in [-0.2, -0.15) is 18.3 Å². The van der Waals surface area contributed by atoms with E-state index in [9.17, 15) is 22.8 Å². The number of hydrogen-bond donors (Lipinski definition) is 1. The molecule has 0 atom stereocenters. The maximum atomic E-state index is 13.2. The molecule has 4 heterocycles. The summed E-state index contributed by atoms with van der Waals surface area (Å²) in [7, 11) is 0. The van der Waals surface area contributed by atoms with Gasteiger partial charge in [0.25, 0.3) is 11.5 Å². The number of carbonyl (C=O) groups excluding carboxylic acids is 1. The molecule has 4 aromatic rings. The second-order valence-corrected chi connectivity index (χ2v) is 6.44. The zero-order valence-corrected chi connectivity index (χ0v) is 14.3. The number of nitrogens with zero attached hydrogens (tertiary/aromatic N) is 5. The van der Waals surface area contributed by atoms with Crippen molar-refractivity contribution in [2.75, 3.05) is 5.32 Å². The topological polar surface area (TPSA) is 93.7 Å². The lowest BCUT2D eigenvalue weighted by Gasteiger charge is -2.09. The number of thiazole rings is 1. The van der Waals surface area contributed by atoms with Crippen LogP contribution in [0.25, 0.3) is 10.6 Å². The summed E-state index contributed by atoms with van der Waals surface area (Å²) in [6, 6.07) is 1.95. The summed E-state index contributed by atoms with van der Waals surface area (Å²) >= 11 is 1.24. The van der Waals surface area contributed by atoms with E-state index in [0.29, 0.717) is 9.48 Å². The van der Waals surface area contributed by atoms with Gasteiger partial charge >= 0.3 is 6.18 Å². The van der Waals surface area contributed by atoms with Crippen LogP contribution in [0.3, 0.4) is 0 Å². The molecule has 0 bridgehead atoms. The summed E-state index contributed by atoms with van der Waals surface area (Å²) in [5.74, 6) is -0.847. The van der Waals surface area contributed by atoms with Crippen LogP contribution >= 0.6 is 11.3 Å². The molecule has 8 nitrogen and oxygen atoms in total. The zero-order valence-electron chi connectivity index (χ0n) is 13.5. The number of carbonyl (C=O) groups is 1. The first-order chi connectivity index (χ1) is 12.7. The predicted molar refractivity (Wildman–Crippen MR) is 90.0 cm³/mol. The molecule has 0 saturated carbocycles. The summed E-state index contributed by atoms with van der Waals surface area (Å²) in [6.45, 7) is 1.41. The molecule has 0 fully saturated rings. The molecule has 0 unspecified atom stereocenters. The van der Waals surface area contributed by atoms with Gasteiger partial charge in [-0.15, -0.1) is 11.3 Å². The van der Waals surface area contributed by atoms with Gasteiger partial charge < -0.3 is 5.32 Å². The second-order valence-electron chi connectivity index (χ2n) is 5.57. The molecular weight excluding hydrogens is 385 g/mol. The molecule has 1 amide bonds. The lowest BCUT2D eigenvalue weighted by Crippen LogP contribution is -2.22. The molecule has 0 spiro atoms. The van der Waals surface area contributed by atoms with Gasteiger partial charge in [0, 0.05) is 23.3 Å². The molecule has 0 aliphatic rings. The van der Waals surface area contributed by atoms with Gasteiger partial charge in [-0.25, -0.2) is 14.5 Å². The molecule has 0 aliphatic carbocycles. The number of halogens is 3. The van der Waals surface area contributed by atoms with Crippen LogP contribution in [0.4, 0.5) is 18.9 Å². The van der Waals surface area contributed by atoms with E-state index in [-0.39, 0.29) is 22.7 Å². The van der Waals surface area contributed by atoms with Crippen LogP contribution in [0.1, 0.15) is 21.9 Å². The van der Waals surface area contributed by atoms with E-state index in [0.717, 1.165) is 12.1 Å². The Morgan fingerprint density at radius 3 is 2.81 bits per heavy atom. The first-order valence-electron chi connectivity index (χ1n) is 7.45. The Balaban J connectivity index is 1.74. The Morgan fingerprint density at radius 1 is 1.30 bits per heavy atom. The fourth-order valence-electron chi connectivity index (χ4n) is 2.51. The Kier molecular flexibility index (Phi) is 3.73. The second kappa shape index (κ2) is 5.87. The van der Waals surface area contributed by atoms with Crippen molar-refractivity contribution in [2.24, 2.45) is 0 Å². The van der Waals surface area contributed by atoms with Crippen molar-refractivity contribution in [3.63, 3.8) is 0 Å². The Morgan fingerprint density at radius 2 is 2.07 bits per heavy atom. The van der Waals surface area contributed by atoms with E-state index in [2.05, 4.69) is 20.4 Å². The van der Waals surface area contributed by atoms with Gasteiger partial charge in [-0.1, -0.05) is 0 Å². The quantitative estimate of drug-likeness (QED) is 0.563. The third-order valence-electron chi connectivity index (χ3n) is 3.67. The van der Waals surface area contributed by atoms with Crippen LogP contribution in [-0.4, -0.2) is 29.9 Å². The maximum Gasteiger partial charge on any atom is 0.433 e. The Bertz CT molecular complexity index is 1260. The number of rotatable bonds is 2. The highest BCUT2D eigenvalue weighted by Gasteiger charge is 2.35. The summed E-state index contributed by atoms with van der Waals surface area (Å²) in [5, 5.41) is 7.68.